The predicted molar refractivity (Wildman–Crippen MR) is 138 cm³/mol. The number of hydrogen-bond donors (Lipinski definition) is 3. The molecule has 6 nitrogen and oxygen atoms in total. The van der Waals surface area contributed by atoms with Crippen LogP contribution in [0, 0.1) is 34.5 Å². The first-order valence-corrected chi connectivity index (χ1v) is 13.5. The van der Waals surface area contributed by atoms with Crippen LogP contribution >= 0.6 is 0 Å². The van der Waals surface area contributed by atoms with Gasteiger partial charge >= 0.3 is 5.97 Å². The number of Topliss-reactive ketones (excluding diaryl/α,β-unsaturated/α-hetero) is 1. The first-order chi connectivity index (χ1) is 17.0. The van der Waals surface area contributed by atoms with Crippen LogP contribution in [0.1, 0.15) is 66.7 Å². The van der Waals surface area contributed by atoms with Crippen molar-refractivity contribution in [2.45, 2.75) is 84.5 Å². The van der Waals surface area contributed by atoms with Crippen molar-refractivity contribution in [2.75, 3.05) is 6.61 Å². The van der Waals surface area contributed by atoms with Crippen molar-refractivity contribution in [2.24, 2.45) is 34.5 Å². The molecule has 8 atom stereocenters. The van der Waals surface area contributed by atoms with E-state index in [1.165, 1.54) is 6.08 Å². The highest BCUT2D eigenvalue weighted by Crippen LogP contribution is 2.71. The van der Waals surface area contributed by atoms with Gasteiger partial charge in [0.05, 0.1) is 12.0 Å². The topological polar surface area (TPSA) is 104 Å². The molecule has 4 rings (SSSR count). The molecule has 0 aliphatic heterocycles. The Bertz CT molecular complexity index is 1020. The zero-order chi connectivity index (χ0) is 26.5. The first kappa shape index (κ1) is 27.0. The minimum absolute atomic E-state index is 0.0376. The molecule has 198 valence electrons. The average Bonchev–Trinajstić information content (AvgIpc) is 3.34. The van der Waals surface area contributed by atoms with Crippen LogP contribution in [-0.4, -0.2) is 51.5 Å². The number of ether oxygens (including phenoxy) is 1. The van der Waals surface area contributed by atoms with E-state index in [9.17, 15) is 24.9 Å². The van der Waals surface area contributed by atoms with Gasteiger partial charge in [0.1, 0.15) is 6.10 Å². The van der Waals surface area contributed by atoms with Crippen molar-refractivity contribution in [3.05, 3.63) is 47.6 Å². The monoisotopic (exact) mass is 498 g/mol. The lowest BCUT2D eigenvalue weighted by Gasteiger charge is -2.49. The molecule has 1 spiro atoms. The lowest BCUT2D eigenvalue weighted by molar-refractivity contribution is -0.202. The van der Waals surface area contributed by atoms with E-state index in [2.05, 4.69) is 20.8 Å². The van der Waals surface area contributed by atoms with Crippen molar-refractivity contribution in [3.63, 3.8) is 0 Å². The van der Waals surface area contributed by atoms with Crippen LogP contribution < -0.4 is 0 Å². The summed E-state index contributed by atoms with van der Waals surface area (Å²) in [5.74, 6) is -1.27. The lowest BCUT2D eigenvalue weighted by atomic mass is 9.59. The molecule has 4 aliphatic carbocycles. The molecule has 0 amide bonds. The summed E-state index contributed by atoms with van der Waals surface area (Å²) < 4.78 is 5.81. The maximum absolute atomic E-state index is 14.3. The van der Waals surface area contributed by atoms with Gasteiger partial charge < -0.3 is 20.1 Å². The zero-order valence-corrected chi connectivity index (χ0v) is 22.2. The summed E-state index contributed by atoms with van der Waals surface area (Å²) in [6.07, 6.45) is 12.4. The van der Waals surface area contributed by atoms with Gasteiger partial charge in [-0.1, -0.05) is 70.9 Å². The van der Waals surface area contributed by atoms with Crippen LogP contribution in [0.5, 0.6) is 0 Å². The predicted octanol–water partition coefficient (Wildman–Crippen LogP) is 4.06. The fourth-order valence-corrected chi connectivity index (χ4v) is 7.55. The Morgan fingerprint density at radius 2 is 1.97 bits per heavy atom. The molecule has 2 fully saturated rings. The summed E-state index contributed by atoms with van der Waals surface area (Å²) in [6, 6.07) is 0. The number of aliphatic hydroxyl groups is 3. The van der Waals surface area contributed by atoms with Crippen molar-refractivity contribution in [3.8, 4) is 0 Å². The highest BCUT2D eigenvalue weighted by Gasteiger charge is 2.76. The number of rotatable bonds is 8. The molecule has 36 heavy (non-hydrogen) atoms. The third kappa shape index (κ3) is 3.88. The van der Waals surface area contributed by atoms with E-state index < -0.39 is 41.7 Å². The van der Waals surface area contributed by atoms with E-state index in [4.69, 9.17) is 4.74 Å². The summed E-state index contributed by atoms with van der Waals surface area (Å²) in [4.78, 5) is 27.2. The fraction of sp³-hybridized carbons (Fsp3) is 0.667. The first-order valence-electron chi connectivity index (χ1n) is 13.5. The van der Waals surface area contributed by atoms with Gasteiger partial charge in [0.25, 0.3) is 0 Å². The Kier molecular flexibility index (Phi) is 7.28. The third-order valence-electron chi connectivity index (χ3n) is 9.59. The minimum Gasteiger partial charge on any atom is -0.451 e. The molecule has 3 N–H and O–H groups in total. The van der Waals surface area contributed by atoms with Crippen LogP contribution in [0.4, 0.5) is 0 Å². The van der Waals surface area contributed by atoms with Crippen LogP contribution in [0.2, 0.25) is 0 Å². The Morgan fingerprint density at radius 1 is 1.25 bits per heavy atom. The largest absolute Gasteiger partial charge is 0.451 e. The van der Waals surface area contributed by atoms with Crippen molar-refractivity contribution < 1.29 is 29.6 Å². The van der Waals surface area contributed by atoms with Gasteiger partial charge in [0.15, 0.2) is 17.5 Å². The van der Waals surface area contributed by atoms with Gasteiger partial charge in [0.2, 0.25) is 0 Å². The molecule has 0 aromatic rings. The van der Waals surface area contributed by atoms with E-state index in [0.717, 1.165) is 32.1 Å². The average molecular weight is 499 g/mol. The van der Waals surface area contributed by atoms with E-state index in [-0.39, 0.29) is 28.6 Å². The van der Waals surface area contributed by atoms with Gasteiger partial charge in [-0.15, -0.1) is 0 Å². The van der Waals surface area contributed by atoms with Gasteiger partial charge in [-0.2, -0.15) is 0 Å². The smallest absolute Gasteiger partial charge is 0.331 e. The Morgan fingerprint density at radius 3 is 2.64 bits per heavy atom. The Balaban J connectivity index is 1.71. The van der Waals surface area contributed by atoms with Crippen LogP contribution in [0.3, 0.4) is 0 Å². The van der Waals surface area contributed by atoms with E-state index in [0.29, 0.717) is 11.5 Å². The lowest BCUT2D eigenvalue weighted by Crippen LogP contribution is -2.66. The minimum atomic E-state index is -2.10. The number of carbonyl (C=O) groups excluding carboxylic acids is 2. The van der Waals surface area contributed by atoms with E-state index in [1.54, 1.807) is 31.2 Å². The number of unbranched alkanes of at least 4 members (excludes halogenated alkanes) is 3. The summed E-state index contributed by atoms with van der Waals surface area (Å²) in [5.41, 5.74) is -2.79. The maximum Gasteiger partial charge on any atom is 0.331 e. The van der Waals surface area contributed by atoms with Crippen molar-refractivity contribution >= 4 is 11.8 Å². The third-order valence-corrected chi connectivity index (χ3v) is 9.59. The van der Waals surface area contributed by atoms with Gasteiger partial charge in [-0.3, -0.25) is 4.79 Å². The number of aliphatic hydroxyl groups excluding tert-OH is 2. The van der Waals surface area contributed by atoms with Crippen LogP contribution in [0.25, 0.3) is 0 Å². The second-order valence-corrected chi connectivity index (χ2v) is 12.0. The van der Waals surface area contributed by atoms with Gasteiger partial charge in [0, 0.05) is 12.0 Å². The van der Waals surface area contributed by atoms with Crippen molar-refractivity contribution in [1.29, 1.82) is 0 Å². The molecule has 6 heteroatoms. The molecule has 0 aromatic heterocycles. The summed E-state index contributed by atoms with van der Waals surface area (Å²) in [6.45, 7) is 9.62. The fourth-order valence-electron chi connectivity index (χ4n) is 7.55. The molecular weight excluding hydrogens is 456 g/mol. The van der Waals surface area contributed by atoms with Crippen molar-refractivity contribution in [1.82, 2.24) is 0 Å². The molecule has 4 aliphatic rings. The molecular formula is C30H42O6. The SMILES string of the molecule is CCCCC/C=C\C=C\C(=O)O[C@@H]1C(CO)=C[C@@H]2C(=O)[C@]3(C=C(C)[C@H](O)[C@@]13O)[C@H](C)C[C@@H]1[C@H]2C1(C)C. The standard InChI is InChI=1S/C30H42O6/c1-6-7-8-9-10-11-12-13-23(32)36-27-20(17-31)15-21-24-22(28(24,4)5)14-19(3)29(26(21)34)16-18(2)25(33)30(27,29)35/h10-13,15-16,19,21-22,24-25,27,31,33,35H,6-9,14,17H2,1-5H3/b11-10-,13-12+/t19-,21+,22-,24+,25+,27-,29+,30-/m1/s1. The molecule has 2 saturated carbocycles. The number of carbonyl (C=O) groups is 2. The maximum atomic E-state index is 14.3. The van der Waals surface area contributed by atoms with Gasteiger partial charge in [-0.25, -0.2) is 4.79 Å². The molecule has 0 heterocycles. The number of ketones is 1. The van der Waals surface area contributed by atoms with Crippen LogP contribution in [0.15, 0.2) is 47.6 Å². The molecule has 0 radical (unpaired) electrons. The summed E-state index contributed by atoms with van der Waals surface area (Å²) >= 11 is 0. The molecule has 0 saturated heterocycles. The molecule has 0 unspecified atom stereocenters. The highest BCUT2D eigenvalue weighted by molar-refractivity contribution is 5.95. The molecule has 2 bridgehead atoms. The quantitative estimate of drug-likeness (QED) is 0.153. The molecule has 0 aromatic carbocycles. The Labute approximate surface area is 214 Å². The Hall–Kier alpha value is -2.02. The highest BCUT2D eigenvalue weighted by atomic mass is 16.6. The summed E-state index contributed by atoms with van der Waals surface area (Å²) in [7, 11) is 0. The van der Waals surface area contributed by atoms with Crippen LogP contribution in [-0.2, 0) is 14.3 Å². The second kappa shape index (κ2) is 9.70. The normalized spacial score (nSPS) is 40.8. The second-order valence-electron chi connectivity index (χ2n) is 12.0. The number of fused-ring (bicyclic) bond motifs is 3. The zero-order valence-electron chi connectivity index (χ0n) is 22.2. The summed E-state index contributed by atoms with van der Waals surface area (Å²) in [5, 5.41) is 34.0. The van der Waals surface area contributed by atoms with E-state index in [1.807, 2.05) is 13.0 Å². The number of hydrogen-bond acceptors (Lipinski definition) is 6. The van der Waals surface area contributed by atoms with Gasteiger partial charge in [-0.05, 0) is 60.5 Å². The van der Waals surface area contributed by atoms with E-state index >= 15 is 0 Å². The number of esters is 1. The number of allylic oxidation sites excluding steroid dienone is 4.